The Hall–Kier alpha value is -3.91. The third-order valence-electron chi connectivity index (χ3n) is 6.86. The number of piperazine rings is 1. The van der Waals surface area contributed by atoms with Crippen molar-refractivity contribution in [2.24, 2.45) is 7.05 Å². The van der Waals surface area contributed by atoms with Crippen molar-refractivity contribution in [2.75, 3.05) is 43.4 Å². The van der Waals surface area contributed by atoms with Crippen LogP contribution in [0, 0.1) is 0 Å². The first-order chi connectivity index (χ1) is 16.6. The van der Waals surface area contributed by atoms with Gasteiger partial charge in [0.05, 0.1) is 23.1 Å². The molecular weight excluding hydrogens is 426 g/mol. The summed E-state index contributed by atoms with van der Waals surface area (Å²) in [6.45, 7) is 4.62. The molecule has 8 nitrogen and oxygen atoms in total. The smallest absolute Gasteiger partial charge is 0.254 e. The number of amides is 1. The van der Waals surface area contributed by atoms with Crippen LogP contribution in [0.1, 0.15) is 15.9 Å². The topological polar surface area (TPSA) is 78.3 Å². The number of hydrogen-bond acceptors (Lipinski definition) is 6. The molecule has 4 aromatic rings. The molecule has 2 aliphatic heterocycles. The highest BCUT2D eigenvalue weighted by Crippen LogP contribution is 2.35. The minimum atomic E-state index is -0.0674. The summed E-state index contributed by atoms with van der Waals surface area (Å²) in [4.78, 5) is 26.7. The first-order valence-electron chi connectivity index (χ1n) is 11.6. The molecule has 2 aliphatic rings. The molecule has 0 radical (unpaired) electrons. The Kier molecular flexibility index (Phi) is 4.95. The number of pyridine rings is 2. The summed E-state index contributed by atoms with van der Waals surface area (Å²) in [6, 6.07) is 12.3. The molecule has 8 heteroatoms. The fraction of sp³-hybridized carbons (Fsp3) is 0.269. The molecule has 0 atom stereocenters. The second kappa shape index (κ2) is 8.14. The van der Waals surface area contributed by atoms with Crippen LogP contribution in [-0.2, 0) is 13.6 Å². The molecule has 1 aromatic carbocycles. The summed E-state index contributed by atoms with van der Waals surface area (Å²) in [7, 11) is 4.14. The zero-order chi connectivity index (χ0) is 23.2. The van der Waals surface area contributed by atoms with Gasteiger partial charge in [-0.3, -0.25) is 4.79 Å². The fourth-order valence-electron chi connectivity index (χ4n) is 4.87. The molecule has 3 aromatic heterocycles. The van der Waals surface area contributed by atoms with E-state index in [2.05, 4.69) is 61.7 Å². The molecule has 1 fully saturated rings. The van der Waals surface area contributed by atoms with Crippen molar-refractivity contribution in [1.29, 1.82) is 0 Å². The first-order valence-corrected chi connectivity index (χ1v) is 11.6. The number of carbonyl (C=O) groups is 1. The normalized spacial score (nSPS) is 16.1. The average Bonchev–Trinajstić information content (AvgIpc) is 3.43. The highest BCUT2D eigenvalue weighted by atomic mass is 16.1. The van der Waals surface area contributed by atoms with Crippen LogP contribution in [0.25, 0.3) is 22.2 Å². The lowest BCUT2D eigenvalue weighted by Gasteiger charge is -2.33. The van der Waals surface area contributed by atoms with Crippen molar-refractivity contribution in [3.8, 4) is 11.1 Å². The number of benzene rings is 1. The maximum absolute atomic E-state index is 12.8. The zero-order valence-corrected chi connectivity index (χ0v) is 19.4. The lowest BCUT2D eigenvalue weighted by atomic mass is 9.96. The first kappa shape index (κ1) is 20.7. The molecule has 1 saturated heterocycles. The number of rotatable bonds is 4. The SMILES string of the molecule is CN1CCN(c2ccc(Nc3ccc(-c4cnc5c(ccn5C)c4)c4c3C(=O)NC4)nc2)CC1. The average molecular weight is 454 g/mol. The Labute approximate surface area is 198 Å². The fourth-order valence-corrected chi connectivity index (χ4v) is 4.87. The Morgan fingerprint density at radius 3 is 2.62 bits per heavy atom. The third kappa shape index (κ3) is 3.56. The summed E-state index contributed by atoms with van der Waals surface area (Å²) < 4.78 is 2.00. The van der Waals surface area contributed by atoms with Gasteiger partial charge in [-0.25, -0.2) is 9.97 Å². The van der Waals surface area contributed by atoms with Gasteiger partial charge in [-0.15, -0.1) is 0 Å². The highest BCUT2D eigenvalue weighted by Gasteiger charge is 2.26. The van der Waals surface area contributed by atoms with Gasteiger partial charge in [-0.05, 0) is 48.5 Å². The summed E-state index contributed by atoms with van der Waals surface area (Å²) >= 11 is 0. The van der Waals surface area contributed by atoms with Crippen LogP contribution in [0.5, 0.6) is 0 Å². The minimum absolute atomic E-state index is 0.0674. The van der Waals surface area contributed by atoms with Gasteiger partial charge >= 0.3 is 0 Å². The zero-order valence-electron chi connectivity index (χ0n) is 19.4. The van der Waals surface area contributed by atoms with E-state index in [4.69, 9.17) is 0 Å². The summed E-state index contributed by atoms with van der Waals surface area (Å²) in [6.07, 6.45) is 5.79. The maximum atomic E-state index is 12.8. The molecule has 0 bridgehead atoms. The van der Waals surface area contributed by atoms with Crippen LogP contribution in [0.3, 0.4) is 0 Å². The predicted octanol–water partition coefficient (Wildman–Crippen LogP) is 3.37. The monoisotopic (exact) mass is 453 g/mol. The molecule has 0 unspecified atom stereocenters. The van der Waals surface area contributed by atoms with Crippen molar-refractivity contribution in [1.82, 2.24) is 24.8 Å². The van der Waals surface area contributed by atoms with Crippen molar-refractivity contribution < 1.29 is 4.79 Å². The summed E-state index contributed by atoms with van der Waals surface area (Å²) in [5, 5.41) is 7.43. The van der Waals surface area contributed by atoms with Crippen LogP contribution in [0.2, 0.25) is 0 Å². The molecule has 1 amide bonds. The Morgan fingerprint density at radius 2 is 1.82 bits per heavy atom. The van der Waals surface area contributed by atoms with Gasteiger partial charge in [-0.1, -0.05) is 6.07 Å². The van der Waals surface area contributed by atoms with E-state index < -0.39 is 0 Å². The molecule has 6 rings (SSSR count). The number of nitrogens with zero attached hydrogens (tertiary/aromatic N) is 5. The Bertz CT molecular complexity index is 1380. The van der Waals surface area contributed by atoms with Crippen LogP contribution in [0.4, 0.5) is 17.2 Å². The predicted molar refractivity (Wildman–Crippen MR) is 135 cm³/mol. The van der Waals surface area contributed by atoms with Gasteiger partial charge in [0, 0.05) is 63.1 Å². The number of aromatic nitrogens is 3. The van der Waals surface area contributed by atoms with Crippen molar-refractivity contribution >= 4 is 34.1 Å². The van der Waals surface area contributed by atoms with Crippen molar-refractivity contribution in [3.05, 3.63) is 66.1 Å². The number of aryl methyl sites for hydroxylation is 1. The second-order valence-electron chi connectivity index (χ2n) is 9.08. The Balaban J connectivity index is 1.29. The quantitative estimate of drug-likeness (QED) is 0.493. The molecular formula is C26H27N7O. The number of fused-ring (bicyclic) bond motifs is 2. The Morgan fingerprint density at radius 1 is 0.971 bits per heavy atom. The number of anilines is 3. The van der Waals surface area contributed by atoms with E-state index in [9.17, 15) is 4.79 Å². The standard InChI is InChI=1S/C26H27N7O/c1-31-9-11-33(12-10-31)19-3-6-23(27-15-19)30-22-5-4-20(21-16-29-26(34)24(21)22)18-13-17-7-8-32(2)25(17)28-14-18/h3-8,13-15H,9-12,16H2,1-2H3,(H,27,30)(H,29,34). The van der Waals surface area contributed by atoms with Crippen LogP contribution >= 0.6 is 0 Å². The van der Waals surface area contributed by atoms with E-state index in [0.717, 1.165) is 71.1 Å². The number of nitrogens with one attached hydrogen (secondary N) is 2. The molecule has 0 spiro atoms. The largest absolute Gasteiger partial charge is 0.368 e. The maximum Gasteiger partial charge on any atom is 0.254 e. The second-order valence-corrected chi connectivity index (χ2v) is 9.08. The van der Waals surface area contributed by atoms with E-state index in [1.807, 2.05) is 42.3 Å². The van der Waals surface area contributed by atoms with Crippen LogP contribution < -0.4 is 15.5 Å². The minimum Gasteiger partial charge on any atom is -0.368 e. The molecule has 34 heavy (non-hydrogen) atoms. The van der Waals surface area contributed by atoms with Gasteiger partial charge in [-0.2, -0.15) is 0 Å². The van der Waals surface area contributed by atoms with Crippen molar-refractivity contribution in [3.63, 3.8) is 0 Å². The van der Waals surface area contributed by atoms with Gasteiger partial charge in [0.15, 0.2) is 0 Å². The lowest BCUT2D eigenvalue weighted by molar-refractivity contribution is 0.0966. The third-order valence-corrected chi connectivity index (χ3v) is 6.86. The number of hydrogen-bond donors (Lipinski definition) is 2. The summed E-state index contributed by atoms with van der Waals surface area (Å²) in [5.41, 5.74) is 6.53. The number of likely N-dealkylation sites (N-methyl/N-ethyl adjacent to an activating group) is 1. The van der Waals surface area contributed by atoms with E-state index >= 15 is 0 Å². The van der Waals surface area contributed by atoms with Crippen LogP contribution in [0.15, 0.2) is 55.0 Å². The van der Waals surface area contributed by atoms with Gasteiger partial charge in [0.2, 0.25) is 0 Å². The van der Waals surface area contributed by atoms with Gasteiger partial charge in [0.25, 0.3) is 5.91 Å². The van der Waals surface area contributed by atoms with E-state index in [-0.39, 0.29) is 5.91 Å². The van der Waals surface area contributed by atoms with Gasteiger partial charge < -0.3 is 25.0 Å². The molecule has 0 aliphatic carbocycles. The van der Waals surface area contributed by atoms with E-state index in [1.54, 1.807) is 0 Å². The van der Waals surface area contributed by atoms with Crippen molar-refractivity contribution in [2.45, 2.75) is 6.54 Å². The molecule has 5 heterocycles. The van der Waals surface area contributed by atoms with E-state index in [1.165, 1.54) is 0 Å². The summed E-state index contributed by atoms with van der Waals surface area (Å²) in [5.74, 6) is 0.655. The molecule has 172 valence electrons. The number of carbonyl (C=O) groups excluding carboxylic acids is 1. The lowest BCUT2D eigenvalue weighted by Crippen LogP contribution is -2.44. The van der Waals surface area contributed by atoms with Crippen LogP contribution in [-0.4, -0.2) is 58.6 Å². The van der Waals surface area contributed by atoms with Gasteiger partial charge in [0.1, 0.15) is 11.5 Å². The molecule has 2 N–H and O–H groups in total. The molecule has 0 saturated carbocycles. The highest BCUT2D eigenvalue weighted by molar-refractivity contribution is 6.06. The van der Waals surface area contributed by atoms with E-state index in [0.29, 0.717) is 12.1 Å².